The summed E-state index contributed by atoms with van der Waals surface area (Å²) in [7, 11) is 0. The molecule has 0 N–H and O–H groups in total. The van der Waals surface area contributed by atoms with E-state index >= 15 is 0 Å². The van der Waals surface area contributed by atoms with Crippen molar-refractivity contribution in [3.05, 3.63) is 35.9 Å². The quantitative estimate of drug-likeness (QED) is 0.748. The number of piperidine rings is 1. The standard InChI is InChI=1S/C15H19NO2/c17-15-14(8-11-18-15)16-9-6-13(7-10-16)12-4-2-1-3-5-12/h1-5,13-14H,6-11H2/t14-/m0/s1. The molecule has 2 saturated heterocycles. The third-order valence-electron chi connectivity index (χ3n) is 4.15. The Hall–Kier alpha value is -1.35. The molecular formula is C15H19NO2. The predicted octanol–water partition coefficient (Wildman–Crippen LogP) is 2.18. The molecule has 2 aliphatic rings. The maximum atomic E-state index is 11.6. The van der Waals surface area contributed by atoms with Gasteiger partial charge >= 0.3 is 5.97 Å². The van der Waals surface area contributed by atoms with Crippen molar-refractivity contribution in [1.82, 2.24) is 4.90 Å². The molecule has 2 fully saturated rings. The van der Waals surface area contributed by atoms with Crippen molar-refractivity contribution in [3.8, 4) is 0 Å². The van der Waals surface area contributed by atoms with E-state index in [2.05, 4.69) is 35.2 Å². The second-order valence-electron chi connectivity index (χ2n) is 5.19. The van der Waals surface area contributed by atoms with Gasteiger partial charge in [-0.2, -0.15) is 0 Å². The molecule has 18 heavy (non-hydrogen) atoms. The Morgan fingerprint density at radius 1 is 1.06 bits per heavy atom. The van der Waals surface area contributed by atoms with Crippen LogP contribution in [0.2, 0.25) is 0 Å². The summed E-state index contributed by atoms with van der Waals surface area (Å²) < 4.78 is 5.05. The smallest absolute Gasteiger partial charge is 0.323 e. The number of carbonyl (C=O) groups excluding carboxylic acids is 1. The zero-order valence-corrected chi connectivity index (χ0v) is 10.5. The Labute approximate surface area is 108 Å². The fourth-order valence-electron chi connectivity index (χ4n) is 3.09. The van der Waals surface area contributed by atoms with E-state index in [0.29, 0.717) is 12.5 Å². The van der Waals surface area contributed by atoms with Gasteiger partial charge in [0.1, 0.15) is 6.04 Å². The van der Waals surface area contributed by atoms with E-state index in [0.717, 1.165) is 32.4 Å². The molecule has 2 aliphatic heterocycles. The number of hydrogen-bond acceptors (Lipinski definition) is 3. The van der Waals surface area contributed by atoms with Crippen molar-refractivity contribution in [2.45, 2.75) is 31.2 Å². The average Bonchev–Trinajstić information content (AvgIpc) is 2.86. The number of cyclic esters (lactones) is 1. The van der Waals surface area contributed by atoms with Crippen LogP contribution in [0.15, 0.2) is 30.3 Å². The highest BCUT2D eigenvalue weighted by atomic mass is 16.5. The molecule has 0 aromatic heterocycles. The Balaban J connectivity index is 1.60. The normalized spacial score (nSPS) is 26.2. The summed E-state index contributed by atoms with van der Waals surface area (Å²) in [5, 5.41) is 0. The van der Waals surface area contributed by atoms with E-state index in [4.69, 9.17) is 4.74 Å². The first-order valence-corrected chi connectivity index (χ1v) is 6.80. The van der Waals surface area contributed by atoms with Crippen LogP contribution in [0.1, 0.15) is 30.7 Å². The van der Waals surface area contributed by atoms with Gasteiger partial charge in [0.25, 0.3) is 0 Å². The Kier molecular flexibility index (Phi) is 3.33. The SMILES string of the molecule is O=C1OCC[C@@H]1N1CCC(c2ccccc2)CC1. The van der Waals surface area contributed by atoms with Crippen LogP contribution in [0.5, 0.6) is 0 Å². The van der Waals surface area contributed by atoms with Gasteiger partial charge in [0.05, 0.1) is 6.61 Å². The predicted molar refractivity (Wildman–Crippen MR) is 69.4 cm³/mol. The molecule has 0 saturated carbocycles. The van der Waals surface area contributed by atoms with Gasteiger partial charge in [0.15, 0.2) is 0 Å². The van der Waals surface area contributed by atoms with E-state index in [1.807, 2.05) is 0 Å². The molecule has 0 amide bonds. The summed E-state index contributed by atoms with van der Waals surface area (Å²) in [4.78, 5) is 13.9. The number of likely N-dealkylation sites (tertiary alicyclic amines) is 1. The maximum Gasteiger partial charge on any atom is 0.323 e. The Morgan fingerprint density at radius 3 is 2.39 bits per heavy atom. The van der Waals surface area contributed by atoms with Crippen LogP contribution in [-0.2, 0) is 9.53 Å². The number of nitrogens with zero attached hydrogens (tertiary/aromatic N) is 1. The van der Waals surface area contributed by atoms with E-state index < -0.39 is 0 Å². The van der Waals surface area contributed by atoms with Crippen LogP contribution in [0.3, 0.4) is 0 Å². The van der Waals surface area contributed by atoms with Crippen molar-refractivity contribution < 1.29 is 9.53 Å². The first-order chi connectivity index (χ1) is 8.84. The fourth-order valence-corrected chi connectivity index (χ4v) is 3.09. The summed E-state index contributed by atoms with van der Waals surface area (Å²) >= 11 is 0. The number of carbonyl (C=O) groups is 1. The molecule has 0 spiro atoms. The van der Waals surface area contributed by atoms with Gasteiger partial charge in [0, 0.05) is 6.42 Å². The van der Waals surface area contributed by atoms with Crippen molar-refractivity contribution in [1.29, 1.82) is 0 Å². The fraction of sp³-hybridized carbons (Fsp3) is 0.533. The molecule has 96 valence electrons. The largest absolute Gasteiger partial charge is 0.464 e. The molecule has 0 bridgehead atoms. The van der Waals surface area contributed by atoms with Gasteiger partial charge in [-0.25, -0.2) is 0 Å². The second kappa shape index (κ2) is 5.11. The second-order valence-corrected chi connectivity index (χ2v) is 5.19. The lowest BCUT2D eigenvalue weighted by atomic mass is 9.89. The molecule has 0 unspecified atom stereocenters. The minimum Gasteiger partial charge on any atom is -0.464 e. The highest BCUT2D eigenvalue weighted by Gasteiger charge is 2.34. The number of esters is 1. The molecule has 1 aromatic rings. The van der Waals surface area contributed by atoms with Crippen LogP contribution < -0.4 is 0 Å². The lowest BCUT2D eigenvalue weighted by molar-refractivity contribution is -0.142. The number of benzene rings is 1. The van der Waals surface area contributed by atoms with Gasteiger partial charge in [-0.15, -0.1) is 0 Å². The topological polar surface area (TPSA) is 29.5 Å². The Bertz CT molecular complexity index is 410. The van der Waals surface area contributed by atoms with E-state index in [9.17, 15) is 4.79 Å². The third kappa shape index (κ3) is 2.27. The maximum absolute atomic E-state index is 11.6. The minimum atomic E-state index is -0.0202. The van der Waals surface area contributed by atoms with Gasteiger partial charge in [-0.3, -0.25) is 9.69 Å². The highest BCUT2D eigenvalue weighted by Crippen LogP contribution is 2.29. The summed E-state index contributed by atoms with van der Waals surface area (Å²) in [5.41, 5.74) is 1.44. The molecule has 3 nitrogen and oxygen atoms in total. The molecule has 0 radical (unpaired) electrons. The van der Waals surface area contributed by atoms with Crippen molar-refractivity contribution >= 4 is 5.97 Å². The van der Waals surface area contributed by atoms with Crippen LogP contribution in [0, 0.1) is 0 Å². The molecule has 3 rings (SSSR count). The van der Waals surface area contributed by atoms with E-state index in [1.54, 1.807) is 0 Å². The number of ether oxygens (including phenoxy) is 1. The van der Waals surface area contributed by atoms with Crippen molar-refractivity contribution in [2.24, 2.45) is 0 Å². The average molecular weight is 245 g/mol. The molecule has 1 aromatic carbocycles. The minimum absolute atomic E-state index is 0.0202. The molecule has 3 heteroatoms. The van der Waals surface area contributed by atoms with Gasteiger partial charge in [-0.1, -0.05) is 30.3 Å². The highest BCUT2D eigenvalue weighted by molar-refractivity contribution is 5.77. The first-order valence-electron chi connectivity index (χ1n) is 6.80. The van der Waals surface area contributed by atoms with E-state index in [-0.39, 0.29) is 12.0 Å². The summed E-state index contributed by atoms with van der Waals surface area (Å²) in [6, 6.07) is 10.7. The molecule has 0 aliphatic carbocycles. The summed E-state index contributed by atoms with van der Waals surface area (Å²) in [5.74, 6) is 0.632. The number of hydrogen-bond donors (Lipinski definition) is 0. The van der Waals surface area contributed by atoms with Gasteiger partial charge in [0.2, 0.25) is 0 Å². The lowest BCUT2D eigenvalue weighted by Gasteiger charge is -2.34. The molecule has 1 atom stereocenters. The first kappa shape index (κ1) is 11.7. The zero-order valence-electron chi connectivity index (χ0n) is 10.5. The van der Waals surface area contributed by atoms with Crippen LogP contribution in [0.4, 0.5) is 0 Å². The van der Waals surface area contributed by atoms with Crippen LogP contribution in [-0.4, -0.2) is 36.6 Å². The van der Waals surface area contributed by atoms with Gasteiger partial charge in [-0.05, 0) is 37.4 Å². The monoisotopic (exact) mass is 245 g/mol. The van der Waals surface area contributed by atoms with E-state index in [1.165, 1.54) is 5.56 Å². The number of rotatable bonds is 2. The third-order valence-corrected chi connectivity index (χ3v) is 4.15. The van der Waals surface area contributed by atoms with Gasteiger partial charge < -0.3 is 4.74 Å². The van der Waals surface area contributed by atoms with Crippen LogP contribution >= 0.6 is 0 Å². The zero-order chi connectivity index (χ0) is 12.4. The van der Waals surface area contributed by atoms with Crippen molar-refractivity contribution in [2.75, 3.05) is 19.7 Å². The Morgan fingerprint density at radius 2 is 1.78 bits per heavy atom. The molecule has 2 heterocycles. The summed E-state index contributed by atoms with van der Waals surface area (Å²) in [6.45, 7) is 2.63. The summed E-state index contributed by atoms with van der Waals surface area (Å²) in [6.07, 6.45) is 3.16. The lowest BCUT2D eigenvalue weighted by Crippen LogP contribution is -2.43. The van der Waals surface area contributed by atoms with Crippen LogP contribution in [0.25, 0.3) is 0 Å². The molecular weight excluding hydrogens is 226 g/mol. The van der Waals surface area contributed by atoms with Crippen molar-refractivity contribution in [3.63, 3.8) is 0 Å².